The Labute approximate surface area is 127 Å². The summed E-state index contributed by atoms with van der Waals surface area (Å²) in [6.45, 7) is 1.06. The van der Waals surface area contributed by atoms with Crippen molar-refractivity contribution in [2.75, 3.05) is 18.1 Å². The summed E-state index contributed by atoms with van der Waals surface area (Å²) in [6, 6.07) is 10.1. The third-order valence-corrected chi connectivity index (χ3v) is 6.94. The number of hydrogen-bond acceptors (Lipinski definition) is 5. The van der Waals surface area contributed by atoms with Gasteiger partial charge in [-0.05, 0) is 5.56 Å². The second-order valence-electron chi connectivity index (χ2n) is 5.10. The Bertz CT molecular complexity index is 457. The van der Waals surface area contributed by atoms with Crippen LogP contribution in [0.3, 0.4) is 0 Å². The number of ether oxygens (including phenoxy) is 2. The van der Waals surface area contributed by atoms with Crippen molar-refractivity contribution in [1.29, 1.82) is 0 Å². The quantitative estimate of drug-likeness (QED) is 0.799. The molecule has 20 heavy (non-hydrogen) atoms. The summed E-state index contributed by atoms with van der Waals surface area (Å²) in [4.78, 5) is 11.8. The molecule has 1 unspecified atom stereocenters. The van der Waals surface area contributed by atoms with Gasteiger partial charge in [-0.25, -0.2) is 0 Å². The largest absolute Gasteiger partial charge is 0.460 e. The van der Waals surface area contributed by atoms with Crippen molar-refractivity contribution >= 4 is 29.5 Å². The van der Waals surface area contributed by atoms with E-state index in [1.54, 1.807) is 0 Å². The summed E-state index contributed by atoms with van der Waals surface area (Å²) in [5, 5.41) is 0. The number of cyclic esters (lactones) is 1. The minimum absolute atomic E-state index is 0.0517. The van der Waals surface area contributed by atoms with Gasteiger partial charge in [0.2, 0.25) is 0 Å². The molecular formula is C15H18O3S2. The standard InChI is InChI=1S/C15H18O3S2/c16-14-9-15(19-6-7-20-15)8-13(18-14)11-17-10-12-4-2-1-3-5-12/h1-5,13H,6-11H2. The third-order valence-electron chi connectivity index (χ3n) is 3.48. The molecule has 108 valence electrons. The highest BCUT2D eigenvalue weighted by atomic mass is 32.2. The normalized spacial score (nSPS) is 24.8. The second-order valence-corrected chi connectivity index (χ2v) is 8.32. The lowest BCUT2D eigenvalue weighted by atomic mass is 10.1. The molecule has 1 aromatic rings. The lowest BCUT2D eigenvalue weighted by molar-refractivity contribution is -0.157. The predicted molar refractivity (Wildman–Crippen MR) is 82.9 cm³/mol. The Hall–Kier alpha value is -0.650. The molecule has 2 saturated heterocycles. The van der Waals surface area contributed by atoms with Crippen LogP contribution in [0, 0.1) is 0 Å². The first-order valence-electron chi connectivity index (χ1n) is 6.85. The zero-order valence-corrected chi connectivity index (χ0v) is 12.9. The molecule has 0 bridgehead atoms. The first-order chi connectivity index (χ1) is 9.76. The fraction of sp³-hybridized carbons (Fsp3) is 0.533. The van der Waals surface area contributed by atoms with Crippen LogP contribution in [0.5, 0.6) is 0 Å². The Morgan fingerprint density at radius 1 is 1.25 bits per heavy atom. The average Bonchev–Trinajstić information content (AvgIpc) is 2.87. The lowest BCUT2D eigenvalue weighted by Crippen LogP contribution is -2.39. The van der Waals surface area contributed by atoms with Gasteiger partial charge < -0.3 is 9.47 Å². The monoisotopic (exact) mass is 310 g/mol. The van der Waals surface area contributed by atoms with E-state index in [1.165, 1.54) is 0 Å². The van der Waals surface area contributed by atoms with Crippen LogP contribution < -0.4 is 0 Å². The summed E-state index contributed by atoms with van der Waals surface area (Å²) in [6.07, 6.45) is 1.35. The van der Waals surface area contributed by atoms with Crippen LogP contribution in [0.4, 0.5) is 0 Å². The highest BCUT2D eigenvalue weighted by Crippen LogP contribution is 2.51. The summed E-state index contributed by atoms with van der Waals surface area (Å²) in [5.41, 5.74) is 1.15. The van der Waals surface area contributed by atoms with Gasteiger partial charge in [0, 0.05) is 17.9 Å². The van der Waals surface area contributed by atoms with Gasteiger partial charge in [0.1, 0.15) is 6.10 Å². The van der Waals surface area contributed by atoms with Gasteiger partial charge in [-0.15, -0.1) is 23.5 Å². The Morgan fingerprint density at radius 3 is 2.75 bits per heavy atom. The molecule has 2 fully saturated rings. The highest BCUT2D eigenvalue weighted by Gasteiger charge is 2.44. The van der Waals surface area contributed by atoms with Crippen molar-refractivity contribution in [3.05, 3.63) is 35.9 Å². The molecular weight excluding hydrogens is 292 g/mol. The van der Waals surface area contributed by atoms with E-state index in [2.05, 4.69) is 0 Å². The van der Waals surface area contributed by atoms with Crippen LogP contribution in [0.25, 0.3) is 0 Å². The van der Waals surface area contributed by atoms with Crippen LogP contribution in [0.1, 0.15) is 18.4 Å². The molecule has 1 spiro atoms. The van der Waals surface area contributed by atoms with E-state index in [0.29, 0.717) is 19.6 Å². The zero-order chi connectivity index (χ0) is 13.8. The topological polar surface area (TPSA) is 35.5 Å². The molecule has 1 atom stereocenters. The highest BCUT2D eigenvalue weighted by molar-refractivity contribution is 8.21. The SMILES string of the molecule is O=C1CC2(CC(COCc3ccccc3)O1)SCCS2. The first kappa shape index (κ1) is 14.3. The Kier molecular flexibility index (Phi) is 4.58. The first-order valence-corrected chi connectivity index (χ1v) is 8.82. The maximum atomic E-state index is 11.8. The Balaban J connectivity index is 1.51. The number of hydrogen-bond donors (Lipinski definition) is 0. The van der Waals surface area contributed by atoms with E-state index in [0.717, 1.165) is 23.5 Å². The molecule has 0 radical (unpaired) electrons. The minimum atomic E-state index is -0.0990. The van der Waals surface area contributed by atoms with Gasteiger partial charge in [-0.2, -0.15) is 0 Å². The molecule has 0 saturated carbocycles. The number of carbonyl (C=O) groups is 1. The van der Waals surface area contributed by atoms with Crippen molar-refractivity contribution in [1.82, 2.24) is 0 Å². The average molecular weight is 310 g/mol. The second kappa shape index (κ2) is 6.41. The van der Waals surface area contributed by atoms with Crippen LogP contribution in [0.15, 0.2) is 30.3 Å². The molecule has 2 aliphatic heterocycles. The fourth-order valence-corrected chi connectivity index (χ4v) is 5.89. The molecule has 1 aromatic carbocycles. The molecule has 0 aliphatic carbocycles. The van der Waals surface area contributed by atoms with Crippen LogP contribution in [-0.4, -0.2) is 34.3 Å². The molecule has 0 amide bonds. The smallest absolute Gasteiger partial charge is 0.308 e. The number of thioether (sulfide) groups is 2. The predicted octanol–water partition coefficient (Wildman–Crippen LogP) is 3.09. The molecule has 0 aromatic heterocycles. The van der Waals surface area contributed by atoms with Crippen molar-refractivity contribution in [2.45, 2.75) is 29.6 Å². The van der Waals surface area contributed by atoms with Gasteiger partial charge in [-0.3, -0.25) is 4.79 Å². The van der Waals surface area contributed by atoms with Gasteiger partial charge in [0.15, 0.2) is 0 Å². The number of rotatable bonds is 4. The van der Waals surface area contributed by atoms with Crippen molar-refractivity contribution in [3.63, 3.8) is 0 Å². The molecule has 5 heteroatoms. The Morgan fingerprint density at radius 2 is 2.00 bits per heavy atom. The number of benzene rings is 1. The van der Waals surface area contributed by atoms with Gasteiger partial charge in [0.05, 0.1) is 23.7 Å². The number of esters is 1. The van der Waals surface area contributed by atoms with E-state index in [1.807, 2.05) is 53.9 Å². The van der Waals surface area contributed by atoms with E-state index in [9.17, 15) is 4.79 Å². The molecule has 2 heterocycles. The molecule has 2 aliphatic rings. The van der Waals surface area contributed by atoms with Crippen LogP contribution in [-0.2, 0) is 20.9 Å². The van der Waals surface area contributed by atoms with E-state index < -0.39 is 0 Å². The summed E-state index contributed by atoms with van der Waals surface area (Å²) in [7, 11) is 0. The number of carbonyl (C=O) groups excluding carboxylic acids is 1. The maximum absolute atomic E-state index is 11.8. The zero-order valence-electron chi connectivity index (χ0n) is 11.2. The van der Waals surface area contributed by atoms with E-state index in [4.69, 9.17) is 9.47 Å². The molecule has 0 N–H and O–H groups in total. The van der Waals surface area contributed by atoms with E-state index in [-0.39, 0.29) is 16.2 Å². The molecule has 3 rings (SSSR count). The lowest BCUT2D eigenvalue weighted by Gasteiger charge is -2.35. The molecule has 3 nitrogen and oxygen atoms in total. The van der Waals surface area contributed by atoms with E-state index >= 15 is 0 Å². The van der Waals surface area contributed by atoms with Crippen molar-refractivity contribution < 1.29 is 14.3 Å². The fourth-order valence-electron chi connectivity index (χ4n) is 2.60. The van der Waals surface area contributed by atoms with Crippen molar-refractivity contribution in [3.8, 4) is 0 Å². The summed E-state index contributed by atoms with van der Waals surface area (Å²) < 4.78 is 11.2. The maximum Gasteiger partial charge on any atom is 0.308 e. The van der Waals surface area contributed by atoms with Crippen molar-refractivity contribution in [2.24, 2.45) is 0 Å². The summed E-state index contributed by atoms with van der Waals surface area (Å²) in [5.74, 6) is 2.19. The van der Waals surface area contributed by atoms with Gasteiger partial charge in [0.25, 0.3) is 0 Å². The van der Waals surface area contributed by atoms with Gasteiger partial charge >= 0.3 is 5.97 Å². The van der Waals surface area contributed by atoms with Crippen LogP contribution in [0.2, 0.25) is 0 Å². The third kappa shape index (κ3) is 3.51. The van der Waals surface area contributed by atoms with Crippen LogP contribution >= 0.6 is 23.5 Å². The summed E-state index contributed by atoms with van der Waals surface area (Å²) >= 11 is 3.82. The van der Waals surface area contributed by atoms with Gasteiger partial charge in [-0.1, -0.05) is 30.3 Å². The minimum Gasteiger partial charge on any atom is -0.460 e.